The van der Waals surface area contributed by atoms with Crippen LogP contribution in [-0.4, -0.2) is 35.3 Å². The minimum atomic E-state index is -0.277. The van der Waals surface area contributed by atoms with E-state index in [1.165, 1.54) is 16.8 Å². The van der Waals surface area contributed by atoms with E-state index >= 15 is 0 Å². The number of amides is 1. The number of fused-ring (bicyclic) bond motifs is 1. The fourth-order valence-electron chi connectivity index (χ4n) is 3.93. The Hall–Kier alpha value is -3.22. The first-order chi connectivity index (χ1) is 14.4. The van der Waals surface area contributed by atoms with Crippen molar-refractivity contribution < 1.29 is 9.18 Å². The third kappa shape index (κ3) is 3.92. The molecule has 0 aliphatic carbocycles. The summed E-state index contributed by atoms with van der Waals surface area (Å²) >= 11 is 0. The van der Waals surface area contributed by atoms with Crippen molar-refractivity contribution in [2.75, 3.05) is 24.5 Å². The highest BCUT2D eigenvalue weighted by atomic mass is 19.1. The molecule has 2 aromatic carbocycles. The van der Waals surface area contributed by atoms with Crippen LogP contribution in [0.5, 0.6) is 0 Å². The second-order valence-electron chi connectivity index (χ2n) is 8.02. The van der Waals surface area contributed by atoms with Gasteiger partial charge in [0.1, 0.15) is 5.82 Å². The van der Waals surface area contributed by atoms with Crippen molar-refractivity contribution in [1.29, 1.82) is 0 Å². The maximum atomic E-state index is 13.1. The van der Waals surface area contributed by atoms with Crippen LogP contribution in [0.1, 0.15) is 36.8 Å². The largest absolute Gasteiger partial charge is 0.371 e. The summed E-state index contributed by atoms with van der Waals surface area (Å²) < 4.78 is 14.5. The van der Waals surface area contributed by atoms with Gasteiger partial charge in [-0.05, 0) is 56.5 Å². The highest BCUT2D eigenvalue weighted by molar-refractivity contribution is 6.04. The number of carbonyl (C=O) groups excluding carboxylic acids is 1. The third-order valence-electron chi connectivity index (χ3n) is 5.56. The quantitative estimate of drug-likeness (QED) is 0.703. The Morgan fingerprint density at radius 3 is 2.57 bits per heavy atom. The number of nitrogens with zero attached hydrogens (tertiary/aromatic N) is 3. The molecule has 1 atom stereocenters. The number of anilines is 1. The second kappa shape index (κ2) is 8.26. The van der Waals surface area contributed by atoms with Gasteiger partial charge < -0.3 is 10.2 Å². The van der Waals surface area contributed by atoms with Crippen LogP contribution in [0.25, 0.3) is 10.8 Å². The van der Waals surface area contributed by atoms with Gasteiger partial charge in [-0.25, -0.2) is 9.07 Å². The lowest BCUT2D eigenvalue weighted by atomic mass is 10.1. The van der Waals surface area contributed by atoms with E-state index in [9.17, 15) is 14.0 Å². The van der Waals surface area contributed by atoms with E-state index in [-0.39, 0.29) is 29.0 Å². The Balaban J connectivity index is 1.48. The maximum Gasteiger partial charge on any atom is 0.274 e. The summed E-state index contributed by atoms with van der Waals surface area (Å²) in [6.07, 6.45) is 0.942. The normalized spacial score (nSPS) is 16.4. The first kappa shape index (κ1) is 20.1. The zero-order valence-electron chi connectivity index (χ0n) is 17.1. The standard InChI is InChI=1S/C23H25FN4O2/c1-15(2)28-23(30)20-6-4-3-5-19(20)21(26-28)22(29)25-13-16-11-12-27(14-16)18-9-7-17(24)8-10-18/h3-10,15-16H,11-14H2,1-2H3,(H,25,29). The van der Waals surface area contributed by atoms with Gasteiger partial charge in [0, 0.05) is 30.7 Å². The number of rotatable bonds is 5. The predicted octanol–water partition coefficient (Wildman–Crippen LogP) is 3.37. The summed E-state index contributed by atoms with van der Waals surface area (Å²) in [6.45, 7) is 5.92. The number of halogens is 1. The lowest BCUT2D eigenvalue weighted by molar-refractivity contribution is 0.0942. The van der Waals surface area contributed by atoms with Gasteiger partial charge in [-0.3, -0.25) is 9.59 Å². The van der Waals surface area contributed by atoms with Crippen LogP contribution in [-0.2, 0) is 0 Å². The molecule has 156 valence electrons. The Kier molecular flexibility index (Phi) is 5.53. The third-order valence-corrected chi connectivity index (χ3v) is 5.56. The minimum absolute atomic E-state index is 0.146. The lowest BCUT2D eigenvalue weighted by Gasteiger charge is -2.19. The molecule has 1 aliphatic rings. The number of carbonyl (C=O) groups is 1. The number of hydrogen-bond acceptors (Lipinski definition) is 4. The Morgan fingerprint density at radius 1 is 1.17 bits per heavy atom. The minimum Gasteiger partial charge on any atom is -0.371 e. The van der Waals surface area contributed by atoms with Crippen LogP contribution < -0.4 is 15.8 Å². The van der Waals surface area contributed by atoms with Crippen molar-refractivity contribution in [3.05, 3.63) is 70.4 Å². The molecule has 0 saturated carbocycles. The molecule has 1 N–H and O–H groups in total. The first-order valence-electron chi connectivity index (χ1n) is 10.2. The summed E-state index contributed by atoms with van der Waals surface area (Å²) in [6, 6.07) is 13.4. The average molecular weight is 408 g/mol. The Morgan fingerprint density at radius 2 is 1.87 bits per heavy atom. The monoisotopic (exact) mass is 408 g/mol. The molecule has 0 spiro atoms. The predicted molar refractivity (Wildman–Crippen MR) is 115 cm³/mol. The molecule has 0 radical (unpaired) electrons. The SMILES string of the molecule is CC(C)n1nc(C(=O)NCC2CCN(c3ccc(F)cc3)C2)c2ccccc2c1=O. The summed E-state index contributed by atoms with van der Waals surface area (Å²) in [5.74, 6) is -0.230. The van der Waals surface area contributed by atoms with E-state index in [4.69, 9.17) is 0 Å². The van der Waals surface area contributed by atoms with Gasteiger partial charge in [-0.2, -0.15) is 5.10 Å². The smallest absolute Gasteiger partial charge is 0.274 e. The summed E-state index contributed by atoms with van der Waals surface area (Å²) in [5.41, 5.74) is 1.07. The van der Waals surface area contributed by atoms with Crippen molar-refractivity contribution in [2.45, 2.75) is 26.3 Å². The van der Waals surface area contributed by atoms with E-state index in [1.54, 1.807) is 36.4 Å². The fraction of sp³-hybridized carbons (Fsp3) is 0.348. The molecule has 0 bridgehead atoms. The van der Waals surface area contributed by atoms with Gasteiger partial charge in [0.05, 0.1) is 11.4 Å². The summed E-state index contributed by atoms with van der Waals surface area (Å²) in [5, 5.41) is 8.42. The van der Waals surface area contributed by atoms with Crippen molar-refractivity contribution in [2.24, 2.45) is 5.92 Å². The van der Waals surface area contributed by atoms with Gasteiger partial charge in [-0.1, -0.05) is 18.2 Å². The topological polar surface area (TPSA) is 67.2 Å². The van der Waals surface area contributed by atoms with Gasteiger partial charge in [-0.15, -0.1) is 0 Å². The highest BCUT2D eigenvalue weighted by Crippen LogP contribution is 2.24. The van der Waals surface area contributed by atoms with Gasteiger partial charge >= 0.3 is 0 Å². The van der Waals surface area contributed by atoms with E-state index in [1.807, 2.05) is 13.8 Å². The molecule has 1 unspecified atom stereocenters. The van der Waals surface area contributed by atoms with Crippen molar-refractivity contribution in [3.63, 3.8) is 0 Å². The van der Waals surface area contributed by atoms with Crippen molar-refractivity contribution >= 4 is 22.4 Å². The molecular weight excluding hydrogens is 383 g/mol. The second-order valence-corrected chi connectivity index (χ2v) is 8.02. The molecule has 1 saturated heterocycles. The van der Waals surface area contributed by atoms with Crippen LogP contribution in [0.4, 0.5) is 10.1 Å². The van der Waals surface area contributed by atoms with Gasteiger partial charge in [0.2, 0.25) is 0 Å². The molecule has 6 nitrogen and oxygen atoms in total. The number of benzene rings is 2. The van der Waals surface area contributed by atoms with E-state index in [0.717, 1.165) is 25.2 Å². The Bertz CT molecular complexity index is 1120. The summed E-state index contributed by atoms with van der Waals surface area (Å²) in [4.78, 5) is 27.8. The van der Waals surface area contributed by atoms with Crippen LogP contribution >= 0.6 is 0 Å². The van der Waals surface area contributed by atoms with Gasteiger partial charge in [0.15, 0.2) is 5.69 Å². The molecule has 1 aliphatic heterocycles. The molecule has 30 heavy (non-hydrogen) atoms. The van der Waals surface area contributed by atoms with Crippen LogP contribution in [0.2, 0.25) is 0 Å². The summed E-state index contributed by atoms with van der Waals surface area (Å²) in [7, 11) is 0. The Labute approximate surface area is 174 Å². The fourth-order valence-corrected chi connectivity index (χ4v) is 3.93. The van der Waals surface area contributed by atoms with Crippen molar-refractivity contribution in [1.82, 2.24) is 15.1 Å². The molecule has 1 aromatic heterocycles. The van der Waals surface area contributed by atoms with Crippen LogP contribution in [0, 0.1) is 11.7 Å². The molecule has 3 aromatic rings. The van der Waals surface area contributed by atoms with E-state index in [0.29, 0.717) is 23.2 Å². The van der Waals surface area contributed by atoms with Crippen molar-refractivity contribution in [3.8, 4) is 0 Å². The van der Waals surface area contributed by atoms with Gasteiger partial charge in [0.25, 0.3) is 11.5 Å². The molecule has 7 heteroatoms. The molecule has 1 fully saturated rings. The maximum absolute atomic E-state index is 13.1. The molecule has 4 rings (SSSR count). The number of nitrogens with one attached hydrogen (secondary N) is 1. The highest BCUT2D eigenvalue weighted by Gasteiger charge is 2.24. The van der Waals surface area contributed by atoms with E-state index in [2.05, 4.69) is 15.3 Å². The van der Waals surface area contributed by atoms with Crippen LogP contribution in [0.3, 0.4) is 0 Å². The van der Waals surface area contributed by atoms with Crippen LogP contribution in [0.15, 0.2) is 53.3 Å². The lowest BCUT2D eigenvalue weighted by Crippen LogP contribution is -2.34. The average Bonchev–Trinajstić information content (AvgIpc) is 3.22. The number of hydrogen-bond donors (Lipinski definition) is 1. The molecular formula is C23H25FN4O2. The first-order valence-corrected chi connectivity index (χ1v) is 10.2. The number of aromatic nitrogens is 2. The molecule has 2 heterocycles. The zero-order valence-corrected chi connectivity index (χ0v) is 17.1. The van der Waals surface area contributed by atoms with E-state index < -0.39 is 0 Å². The molecule has 1 amide bonds. The zero-order chi connectivity index (χ0) is 21.3.